The molecule has 0 amide bonds. The van der Waals surface area contributed by atoms with E-state index in [9.17, 15) is 0 Å². The molecular formula is C29H33N3O4. The Hall–Kier alpha value is -4.10. The zero-order valence-corrected chi connectivity index (χ0v) is 20.7. The molecule has 0 atom stereocenters. The van der Waals surface area contributed by atoms with Crippen LogP contribution < -0.4 is 15.8 Å². The number of carbonyl (C=O) groups is 1. The number of para-hydroxylation sites is 1. The Bertz CT molecular complexity index is 1220. The van der Waals surface area contributed by atoms with Crippen molar-refractivity contribution in [3.05, 3.63) is 95.4 Å². The number of benzene rings is 3. The molecule has 36 heavy (non-hydrogen) atoms. The Balaban J connectivity index is 0.00000115. The second kappa shape index (κ2) is 13.7. The standard InChI is InChI=1S/C28H31N3O2.CH2O2/c1-3-7-21-12-15-26(18-23(21)19-29)32-17-16-27-20(2)33-28(31-27)22-10-13-25(14-11-22)30-24-8-5-4-6-9-24;2-1-3/h4-6,8-15,18,30H,3,7,16-17,19,29H2,1-2H3;1H,(H,2,3). The fraction of sp³-hybridized carbons (Fsp3) is 0.241. The number of nitrogens with one attached hydrogen (secondary N) is 1. The molecule has 3 aromatic carbocycles. The minimum Gasteiger partial charge on any atom is -0.493 e. The second-order valence-corrected chi connectivity index (χ2v) is 8.18. The van der Waals surface area contributed by atoms with E-state index >= 15 is 0 Å². The number of carboxylic acid groups (broad SMARTS) is 1. The van der Waals surface area contributed by atoms with E-state index in [1.54, 1.807) is 0 Å². The van der Waals surface area contributed by atoms with Crippen molar-refractivity contribution >= 4 is 17.8 Å². The fourth-order valence-electron chi connectivity index (χ4n) is 3.83. The third kappa shape index (κ3) is 7.45. The van der Waals surface area contributed by atoms with Gasteiger partial charge in [0.2, 0.25) is 5.89 Å². The predicted molar refractivity (Wildman–Crippen MR) is 143 cm³/mol. The van der Waals surface area contributed by atoms with E-state index in [4.69, 9.17) is 29.8 Å². The number of hydrogen-bond donors (Lipinski definition) is 3. The van der Waals surface area contributed by atoms with Gasteiger partial charge in [0.05, 0.1) is 12.3 Å². The zero-order chi connectivity index (χ0) is 25.8. The zero-order valence-electron chi connectivity index (χ0n) is 20.7. The lowest BCUT2D eigenvalue weighted by molar-refractivity contribution is -0.122. The van der Waals surface area contributed by atoms with Crippen molar-refractivity contribution in [2.45, 2.75) is 39.7 Å². The van der Waals surface area contributed by atoms with Crippen LogP contribution in [0, 0.1) is 6.92 Å². The third-order valence-electron chi connectivity index (χ3n) is 5.61. The summed E-state index contributed by atoms with van der Waals surface area (Å²) >= 11 is 0. The van der Waals surface area contributed by atoms with Gasteiger partial charge in [0.15, 0.2) is 0 Å². The van der Waals surface area contributed by atoms with Crippen LogP contribution in [-0.2, 0) is 24.2 Å². The van der Waals surface area contributed by atoms with Gasteiger partial charge in [0.1, 0.15) is 11.5 Å². The van der Waals surface area contributed by atoms with Crippen LogP contribution in [0.25, 0.3) is 11.5 Å². The second-order valence-electron chi connectivity index (χ2n) is 8.18. The summed E-state index contributed by atoms with van der Waals surface area (Å²) in [6.45, 7) is 4.93. The van der Waals surface area contributed by atoms with Gasteiger partial charge < -0.3 is 25.3 Å². The number of hydrogen-bond acceptors (Lipinski definition) is 6. The number of oxazole rings is 1. The number of ether oxygens (including phenoxy) is 1. The summed E-state index contributed by atoms with van der Waals surface area (Å²) in [6.07, 6.45) is 2.82. The Morgan fingerprint density at radius 1 is 1.00 bits per heavy atom. The van der Waals surface area contributed by atoms with Crippen LogP contribution in [-0.4, -0.2) is 23.2 Å². The monoisotopic (exact) mass is 487 g/mol. The molecule has 0 saturated carbocycles. The van der Waals surface area contributed by atoms with Crippen LogP contribution in [0.15, 0.2) is 77.2 Å². The summed E-state index contributed by atoms with van der Waals surface area (Å²) in [5.74, 6) is 2.29. The van der Waals surface area contributed by atoms with Gasteiger partial charge in [-0.3, -0.25) is 4.79 Å². The summed E-state index contributed by atoms with van der Waals surface area (Å²) in [7, 11) is 0. The molecule has 0 aliphatic carbocycles. The van der Waals surface area contributed by atoms with Gasteiger partial charge in [0.25, 0.3) is 6.47 Å². The smallest absolute Gasteiger partial charge is 0.290 e. The normalized spacial score (nSPS) is 10.3. The summed E-state index contributed by atoms with van der Waals surface area (Å²) in [5.41, 5.74) is 12.3. The van der Waals surface area contributed by atoms with Crippen LogP contribution in [0.1, 0.15) is 35.9 Å². The molecule has 1 aromatic heterocycles. The van der Waals surface area contributed by atoms with E-state index in [0.29, 0.717) is 25.5 Å². The van der Waals surface area contributed by atoms with Crippen LogP contribution in [0.2, 0.25) is 0 Å². The van der Waals surface area contributed by atoms with E-state index in [1.165, 1.54) is 5.56 Å². The van der Waals surface area contributed by atoms with Crippen molar-refractivity contribution in [3.63, 3.8) is 0 Å². The van der Waals surface area contributed by atoms with E-state index in [2.05, 4.69) is 24.4 Å². The fourth-order valence-corrected chi connectivity index (χ4v) is 3.83. The molecule has 4 rings (SSSR count). The van der Waals surface area contributed by atoms with Crippen molar-refractivity contribution in [1.82, 2.24) is 4.98 Å². The van der Waals surface area contributed by atoms with E-state index < -0.39 is 0 Å². The summed E-state index contributed by atoms with van der Waals surface area (Å²) < 4.78 is 11.9. The number of rotatable bonds is 10. The average Bonchev–Trinajstić information content (AvgIpc) is 3.27. The van der Waals surface area contributed by atoms with Crippen LogP contribution in [0.3, 0.4) is 0 Å². The lowest BCUT2D eigenvalue weighted by Gasteiger charge is -2.11. The Labute approximate surface area is 212 Å². The topological polar surface area (TPSA) is 111 Å². The molecule has 0 radical (unpaired) electrons. The van der Waals surface area contributed by atoms with Gasteiger partial charge in [-0.25, -0.2) is 4.98 Å². The molecule has 0 spiro atoms. The number of anilines is 2. The molecular weight excluding hydrogens is 454 g/mol. The van der Waals surface area contributed by atoms with Crippen LogP contribution in [0.4, 0.5) is 11.4 Å². The van der Waals surface area contributed by atoms with Crippen LogP contribution >= 0.6 is 0 Å². The minimum absolute atomic E-state index is 0.250. The van der Waals surface area contributed by atoms with E-state index in [1.807, 2.05) is 67.6 Å². The van der Waals surface area contributed by atoms with Crippen molar-refractivity contribution in [2.75, 3.05) is 11.9 Å². The molecule has 1 heterocycles. The first-order valence-electron chi connectivity index (χ1n) is 12.0. The van der Waals surface area contributed by atoms with E-state index in [-0.39, 0.29) is 6.47 Å². The third-order valence-corrected chi connectivity index (χ3v) is 5.61. The molecule has 7 heteroatoms. The van der Waals surface area contributed by atoms with E-state index in [0.717, 1.165) is 52.5 Å². The molecule has 0 fully saturated rings. The molecule has 0 aliphatic heterocycles. The quantitative estimate of drug-likeness (QED) is 0.231. The minimum atomic E-state index is -0.250. The van der Waals surface area contributed by atoms with Gasteiger partial charge in [-0.2, -0.15) is 0 Å². The highest BCUT2D eigenvalue weighted by Crippen LogP contribution is 2.25. The first-order chi connectivity index (χ1) is 17.6. The number of aromatic nitrogens is 1. The molecule has 0 aliphatic rings. The number of aryl methyl sites for hydroxylation is 2. The number of nitrogens with two attached hydrogens (primary N) is 1. The molecule has 4 N–H and O–H groups in total. The maximum atomic E-state index is 8.36. The first kappa shape index (κ1) is 26.5. The molecule has 0 bridgehead atoms. The molecule has 0 saturated heterocycles. The highest BCUT2D eigenvalue weighted by atomic mass is 16.5. The maximum absolute atomic E-state index is 8.36. The summed E-state index contributed by atoms with van der Waals surface area (Å²) in [5, 5.41) is 10.3. The molecule has 7 nitrogen and oxygen atoms in total. The average molecular weight is 488 g/mol. The number of nitrogens with zero attached hydrogens (tertiary/aromatic N) is 1. The molecule has 188 valence electrons. The Morgan fingerprint density at radius 2 is 1.69 bits per heavy atom. The van der Waals surface area contributed by atoms with Crippen molar-refractivity contribution in [2.24, 2.45) is 5.73 Å². The highest BCUT2D eigenvalue weighted by molar-refractivity contribution is 5.64. The van der Waals surface area contributed by atoms with Crippen molar-refractivity contribution < 1.29 is 19.1 Å². The largest absolute Gasteiger partial charge is 0.493 e. The van der Waals surface area contributed by atoms with Gasteiger partial charge in [-0.15, -0.1) is 0 Å². The van der Waals surface area contributed by atoms with Gasteiger partial charge in [-0.1, -0.05) is 37.6 Å². The lowest BCUT2D eigenvalue weighted by atomic mass is 10.0. The Morgan fingerprint density at radius 3 is 2.36 bits per heavy atom. The lowest BCUT2D eigenvalue weighted by Crippen LogP contribution is -2.05. The van der Waals surface area contributed by atoms with Gasteiger partial charge in [-0.05, 0) is 73.0 Å². The van der Waals surface area contributed by atoms with Gasteiger partial charge in [0, 0.05) is 29.9 Å². The highest BCUT2D eigenvalue weighted by Gasteiger charge is 2.12. The SMILES string of the molecule is CCCc1ccc(OCCc2nc(-c3ccc(Nc4ccccc4)cc3)oc2C)cc1CN.O=CO. The van der Waals surface area contributed by atoms with Crippen molar-refractivity contribution in [3.8, 4) is 17.2 Å². The maximum Gasteiger partial charge on any atom is 0.290 e. The summed E-state index contributed by atoms with van der Waals surface area (Å²) in [6, 6.07) is 24.4. The van der Waals surface area contributed by atoms with Crippen molar-refractivity contribution in [1.29, 1.82) is 0 Å². The summed E-state index contributed by atoms with van der Waals surface area (Å²) in [4.78, 5) is 13.1. The predicted octanol–water partition coefficient (Wildman–Crippen LogP) is 6.13. The Kier molecular flexibility index (Phi) is 10.1. The first-order valence-corrected chi connectivity index (χ1v) is 12.0. The molecule has 0 unspecified atom stereocenters. The van der Waals surface area contributed by atoms with Gasteiger partial charge >= 0.3 is 0 Å². The molecule has 4 aromatic rings. The van der Waals surface area contributed by atoms with Crippen LogP contribution in [0.5, 0.6) is 5.75 Å².